The molecule has 2 rings (SSSR count). The lowest BCUT2D eigenvalue weighted by Gasteiger charge is -2.20. The molecule has 0 aliphatic heterocycles. The molecule has 148 valence electrons. The Labute approximate surface area is 169 Å². The number of carbonyl (C=O) groups excluding carboxylic acids is 1. The first-order chi connectivity index (χ1) is 12.9. The summed E-state index contributed by atoms with van der Waals surface area (Å²) in [5.41, 5.74) is 3.28. The van der Waals surface area contributed by atoms with E-state index in [2.05, 4.69) is 66.7 Å². The van der Waals surface area contributed by atoms with E-state index in [1.807, 2.05) is 0 Å². The smallest absolute Gasteiger partial charge is 0.234 e. The normalized spacial score (nSPS) is 11.2. The molecule has 0 aliphatic rings. The van der Waals surface area contributed by atoms with E-state index in [0.717, 1.165) is 15.2 Å². The first kappa shape index (κ1) is 21.7. The van der Waals surface area contributed by atoms with Gasteiger partial charge in [0.25, 0.3) is 0 Å². The molecule has 8 heteroatoms. The standard InChI is InChI=1S/C19H28N4O2S2/c1-12(2)14-7-6-8-15(13(3)4)17(14)21-16(24)11-26-19-23-22-18(27-19)20-9-10-25-5/h6-8,12-13H,9-11H2,1-5H3,(H,20,22)(H,21,24). The molecule has 0 radical (unpaired) electrons. The highest BCUT2D eigenvalue weighted by Gasteiger charge is 2.16. The highest BCUT2D eigenvalue weighted by atomic mass is 32.2. The van der Waals surface area contributed by atoms with Crippen LogP contribution in [0.1, 0.15) is 50.7 Å². The highest BCUT2D eigenvalue weighted by Crippen LogP contribution is 2.33. The third kappa shape index (κ3) is 6.48. The monoisotopic (exact) mass is 408 g/mol. The minimum Gasteiger partial charge on any atom is -0.383 e. The molecule has 0 bridgehead atoms. The molecule has 0 unspecified atom stereocenters. The lowest BCUT2D eigenvalue weighted by Crippen LogP contribution is -2.17. The van der Waals surface area contributed by atoms with Gasteiger partial charge in [0.2, 0.25) is 11.0 Å². The Kier molecular flexibility index (Phi) is 8.53. The number of aromatic nitrogens is 2. The van der Waals surface area contributed by atoms with Gasteiger partial charge in [0, 0.05) is 19.3 Å². The zero-order valence-corrected chi connectivity index (χ0v) is 18.2. The maximum atomic E-state index is 12.5. The van der Waals surface area contributed by atoms with Crippen LogP contribution in [-0.2, 0) is 9.53 Å². The van der Waals surface area contributed by atoms with Gasteiger partial charge in [-0.1, -0.05) is 69.0 Å². The predicted molar refractivity (Wildman–Crippen MR) is 114 cm³/mol. The Hall–Kier alpha value is -1.64. The molecule has 0 fully saturated rings. The first-order valence-corrected chi connectivity index (χ1v) is 10.8. The van der Waals surface area contributed by atoms with Crippen molar-refractivity contribution in [2.75, 3.05) is 36.6 Å². The molecule has 1 aromatic heterocycles. The van der Waals surface area contributed by atoms with E-state index in [9.17, 15) is 4.79 Å². The maximum Gasteiger partial charge on any atom is 0.234 e. The van der Waals surface area contributed by atoms with Crippen LogP contribution < -0.4 is 10.6 Å². The van der Waals surface area contributed by atoms with Crippen LogP contribution in [0.25, 0.3) is 0 Å². The number of ether oxygens (including phenoxy) is 1. The Bertz CT molecular complexity index is 721. The van der Waals surface area contributed by atoms with E-state index in [-0.39, 0.29) is 5.91 Å². The lowest BCUT2D eigenvalue weighted by atomic mass is 9.92. The third-order valence-electron chi connectivity index (χ3n) is 3.95. The Morgan fingerprint density at radius 2 is 1.85 bits per heavy atom. The summed E-state index contributed by atoms with van der Waals surface area (Å²) < 4.78 is 5.76. The van der Waals surface area contributed by atoms with Crippen molar-refractivity contribution in [1.29, 1.82) is 0 Å². The SMILES string of the molecule is COCCNc1nnc(SCC(=O)Nc2c(C(C)C)cccc2C(C)C)s1. The number of nitrogens with zero attached hydrogens (tertiary/aromatic N) is 2. The van der Waals surface area contributed by atoms with E-state index in [4.69, 9.17) is 4.74 Å². The van der Waals surface area contributed by atoms with Gasteiger partial charge in [0.15, 0.2) is 4.34 Å². The van der Waals surface area contributed by atoms with Gasteiger partial charge in [-0.15, -0.1) is 10.2 Å². The number of carbonyl (C=O) groups is 1. The third-order valence-corrected chi connectivity index (χ3v) is 5.97. The number of nitrogens with one attached hydrogen (secondary N) is 2. The fourth-order valence-electron chi connectivity index (χ4n) is 2.60. The van der Waals surface area contributed by atoms with Gasteiger partial charge in [-0.25, -0.2) is 0 Å². The van der Waals surface area contributed by atoms with Gasteiger partial charge in [0.05, 0.1) is 12.4 Å². The molecule has 0 saturated heterocycles. The Morgan fingerprint density at radius 3 is 2.44 bits per heavy atom. The van der Waals surface area contributed by atoms with E-state index in [1.165, 1.54) is 34.2 Å². The summed E-state index contributed by atoms with van der Waals surface area (Å²) in [5, 5.41) is 15.2. The molecule has 1 aromatic carbocycles. The zero-order valence-electron chi connectivity index (χ0n) is 16.5. The Balaban J connectivity index is 1.98. The molecular weight excluding hydrogens is 380 g/mol. The van der Waals surface area contributed by atoms with Crippen LogP contribution in [0.5, 0.6) is 0 Å². The van der Waals surface area contributed by atoms with Crippen LogP contribution in [0.15, 0.2) is 22.5 Å². The second-order valence-electron chi connectivity index (χ2n) is 6.75. The number of thioether (sulfide) groups is 1. The van der Waals surface area contributed by atoms with Crippen LogP contribution in [0.3, 0.4) is 0 Å². The number of amides is 1. The second kappa shape index (κ2) is 10.6. The predicted octanol–water partition coefficient (Wildman–Crippen LogP) is 4.57. The highest BCUT2D eigenvalue weighted by molar-refractivity contribution is 8.01. The van der Waals surface area contributed by atoms with Crippen LogP contribution >= 0.6 is 23.1 Å². The number of para-hydroxylation sites is 1. The number of methoxy groups -OCH3 is 1. The maximum absolute atomic E-state index is 12.5. The molecule has 0 aliphatic carbocycles. The molecule has 0 spiro atoms. The Morgan fingerprint density at radius 1 is 1.19 bits per heavy atom. The van der Waals surface area contributed by atoms with Crippen molar-refractivity contribution in [3.05, 3.63) is 29.3 Å². The van der Waals surface area contributed by atoms with Crippen LogP contribution in [0.4, 0.5) is 10.8 Å². The van der Waals surface area contributed by atoms with Gasteiger partial charge in [0.1, 0.15) is 0 Å². The van der Waals surface area contributed by atoms with Gasteiger partial charge in [-0.05, 0) is 23.0 Å². The van der Waals surface area contributed by atoms with Crippen LogP contribution in [-0.4, -0.2) is 42.1 Å². The number of anilines is 2. The van der Waals surface area contributed by atoms with E-state index in [0.29, 0.717) is 30.7 Å². The second-order valence-corrected chi connectivity index (χ2v) is 8.95. The molecule has 27 heavy (non-hydrogen) atoms. The van der Waals surface area contributed by atoms with Gasteiger partial charge < -0.3 is 15.4 Å². The number of hydrogen-bond acceptors (Lipinski definition) is 7. The summed E-state index contributed by atoms with van der Waals surface area (Å²) in [5.74, 6) is 0.960. The lowest BCUT2D eigenvalue weighted by molar-refractivity contribution is -0.113. The summed E-state index contributed by atoms with van der Waals surface area (Å²) >= 11 is 2.84. The number of benzene rings is 1. The van der Waals surface area contributed by atoms with Crippen molar-refractivity contribution in [3.8, 4) is 0 Å². The fraction of sp³-hybridized carbons (Fsp3) is 0.526. The summed E-state index contributed by atoms with van der Waals surface area (Å²) in [6.07, 6.45) is 0. The summed E-state index contributed by atoms with van der Waals surface area (Å²) in [6.45, 7) is 9.86. The van der Waals surface area contributed by atoms with Crippen molar-refractivity contribution < 1.29 is 9.53 Å². The summed E-state index contributed by atoms with van der Waals surface area (Å²) in [6, 6.07) is 6.23. The van der Waals surface area contributed by atoms with Crippen molar-refractivity contribution in [2.45, 2.75) is 43.9 Å². The van der Waals surface area contributed by atoms with E-state index in [1.54, 1.807) is 7.11 Å². The van der Waals surface area contributed by atoms with Crippen LogP contribution in [0, 0.1) is 0 Å². The molecule has 2 aromatic rings. The molecule has 1 amide bonds. The zero-order chi connectivity index (χ0) is 19.8. The van der Waals surface area contributed by atoms with Crippen LogP contribution in [0.2, 0.25) is 0 Å². The fourth-order valence-corrected chi connectivity index (χ4v) is 4.18. The average molecular weight is 409 g/mol. The minimum absolute atomic E-state index is 0.0286. The minimum atomic E-state index is -0.0286. The molecule has 1 heterocycles. The average Bonchev–Trinajstić information content (AvgIpc) is 3.08. The van der Waals surface area contributed by atoms with Gasteiger partial charge in [-0.3, -0.25) is 4.79 Å². The molecular formula is C19H28N4O2S2. The van der Waals surface area contributed by atoms with E-state index >= 15 is 0 Å². The first-order valence-electron chi connectivity index (χ1n) is 9.04. The summed E-state index contributed by atoms with van der Waals surface area (Å²) in [4.78, 5) is 12.5. The van der Waals surface area contributed by atoms with E-state index < -0.39 is 0 Å². The molecule has 0 saturated carbocycles. The molecule has 0 atom stereocenters. The molecule has 2 N–H and O–H groups in total. The van der Waals surface area contributed by atoms with Crippen molar-refractivity contribution in [2.24, 2.45) is 0 Å². The van der Waals surface area contributed by atoms with Gasteiger partial charge >= 0.3 is 0 Å². The number of hydrogen-bond donors (Lipinski definition) is 2. The molecule has 6 nitrogen and oxygen atoms in total. The van der Waals surface area contributed by atoms with Gasteiger partial charge in [-0.2, -0.15) is 0 Å². The van der Waals surface area contributed by atoms with Crippen molar-refractivity contribution in [1.82, 2.24) is 10.2 Å². The quantitative estimate of drug-likeness (QED) is 0.443. The largest absolute Gasteiger partial charge is 0.383 e. The van der Waals surface area contributed by atoms with Crippen molar-refractivity contribution >= 4 is 39.8 Å². The summed E-state index contributed by atoms with van der Waals surface area (Å²) in [7, 11) is 1.66. The topological polar surface area (TPSA) is 76.1 Å². The van der Waals surface area contributed by atoms with Crippen molar-refractivity contribution in [3.63, 3.8) is 0 Å². The number of rotatable bonds is 10.